The number of benzene rings is 1. The maximum atomic E-state index is 10.4. The molecule has 0 saturated carbocycles. The molecule has 1 aliphatic rings. The van der Waals surface area contributed by atoms with Crippen LogP contribution < -0.4 is 10.1 Å². The van der Waals surface area contributed by atoms with Gasteiger partial charge >= 0.3 is 0 Å². The summed E-state index contributed by atoms with van der Waals surface area (Å²) in [5, 5.41) is 13.8. The molecule has 0 radical (unpaired) electrons. The van der Waals surface area contributed by atoms with E-state index in [-0.39, 0.29) is 5.69 Å². The quantitative estimate of drug-likeness (QED) is 0.622. The van der Waals surface area contributed by atoms with Crippen LogP contribution in [-0.4, -0.2) is 24.1 Å². The van der Waals surface area contributed by atoms with Crippen LogP contribution in [-0.2, 0) is 0 Å². The van der Waals surface area contributed by atoms with Crippen LogP contribution in [0.2, 0.25) is 0 Å². The Labute approximate surface area is 93.6 Å². The molecule has 1 aromatic carbocycles. The van der Waals surface area contributed by atoms with Gasteiger partial charge in [-0.05, 0) is 31.5 Å². The molecule has 0 aromatic heterocycles. The van der Waals surface area contributed by atoms with Crippen LogP contribution in [0, 0.1) is 10.1 Å². The lowest BCUT2D eigenvalue weighted by Gasteiger charge is -2.11. The Balaban J connectivity index is 1.87. The summed E-state index contributed by atoms with van der Waals surface area (Å²) in [6, 6.07) is 6.59. The molecule has 0 aliphatic carbocycles. The highest BCUT2D eigenvalue weighted by atomic mass is 16.6. The summed E-state index contributed by atoms with van der Waals surface area (Å²) in [5.41, 5.74) is 0.0892. The summed E-state index contributed by atoms with van der Waals surface area (Å²) in [5.74, 6) is 0.680. The van der Waals surface area contributed by atoms with Crippen molar-refractivity contribution in [1.29, 1.82) is 0 Å². The molecule has 1 aromatic rings. The Morgan fingerprint density at radius 2 is 2.19 bits per heavy atom. The smallest absolute Gasteiger partial charge is 0.269 e. The summed E-state index contributed by atoms with van der Waals surface area (Å²) in [6.45, 7) is 1.67. The maximum absolute atomic E-state index is 10.4. The van der Waals surface area contributed by atoms with Crippen molar-refractivity contribution in [2.24, 2.45) is 0 Å². The van der Waals surface area contributed by atoms with Crippen molar-refractivity contribution in [2.75, 3.05) is 13.2 Å². The molecule has 1 N–H and O–H groups in total. The van der Waals surface area contributed by atoms with Gasteiger partial charge in [0.15, 0.2) is 0 Å². The first-order valence-electron chi connectivity index (χ1n) is 5.36. The molecule has 5 heteroatoms. The number of rotatable bonds is 4. The largest absolute Gasteiger partial charge is 0.492 e. The minimum atomic E-state index is -0.414. The van der Waals surface area contributed by atoms with Crippen molar-refractivity contribution >= 4 is 5.69 Å². The second kappa shape index (κ2) is 4.94. The molecule has 1 aliphatic heterocycles. The van der Waals surface area contributed by atoms with Gasteiger partial charge in [0.05, 0.1) is 4.92 Å². The van der Waals surface area contributed by atoms with Crippen molar-refractivity contribution in [2.45, 2.75) is 18.9 Å². The molecule has 16 heavy (non-hydrogen) atoms. The molecule has 0 amide bonds. The first kappa shape index (κ1) is 10.9. The topological polar surface area (TPSA) is 64.4 Å². The van der Waals surface area contributed by atoms with E-state index in [0.717, 1.165) is 13.0 Å². The van der Waals surface area contributed by atoms with E-state index < -0.39 is 4.92 Å². The fraction of sp³-hybridized carbons (Fsp3) is 0.455. The zero-order chi connectivity index (χ0) is 11.4. The lowest BCUT2D eigenvalue weighted by atomic mass is 10.2. The Kier molecular flexibility index (Phi) is 3.36. The zero-order valence-electron chi connectivity index (χ0n) is 8.89. The number of nitro groups is 1. The van der Waals surface area contributed by atoms with Crippen molar-refractivity contribution in [3.63, 3.8) is 0 Å². The van der Waals surface area contributed by atoms with Gasteiger partial charge in [0, 0.05) is 18.2 Å². The lowest BCUT2D eigenvalue weighted by Crippen LogP contribution is -2.28. The van der Waals surface area contributed by atoms with Crippen LogP contribution in [0.25, 0.3) is 0 Å². The summed E-state index contributed by atoms with van der Waals surface area (Å²) in [6.07, 6.45) is 2.32. The van der Waals surface area contributed by atoms with Crippen LogP contribution in [0.1, 0.15) is 12.8 Å². The Morgan fingerprint density at radius 1 is 1.44 bits per heavy atom. The molecule has 0 spiro atoms. The van der Waals surface area contributed by atoms with Gasteiger partial charge in [0.2, 0.25) is 0 Å². The first-order valence-corrected chi connectivity index (χ1v) is 5.36. The summed E-state index contributed by atoms with van der Waals surface area (Å²) < 4.78 is 5.54. The van der Waals surface area contributed by atoms with E-state index in [9.17, 15) is 10.1 Å². The van der Waals surface area contributed by atoms with Crippen molar-refractivity contribution in [1.82, 2.24) is 5.32 Å². The van der Waals surface area contributed by atoms with E-state index in [1.54, 1.807) is 12.1 Å². The molecule has 0 unspecified atom stereocenters. The number of nitrogens with zero attached hydrogens (tertiary/aromatic N) is 1. The average Bonchev–Trinajstić information content (AvgIpc) is 2.80. The number of hydrogen-bond acceptors (Lipinski definition) is 4. The summed E-state index contributed by atoms with van der Waals surface area (Å²) in [4.78, 5) is 10.0. The average molecular weight is 222 g/mol. The number of nitrogens with one attached hydrogen (secondary N) is 1. The normalized spacial score (nSPS) is 19.6. The van der Waals surface area contributed by atoms with Gasteiger partial charge in [0.25, 0.3) is 5.69 Å². The molecule has 1 saturated heterocycles. The Bertz CT molecular complexity index is 358. The highest BCUT2D eigenvalue weighted by Gasteiger charge is 2.14. The van der Waals surface area contributed by atoms with Crippen molar-refractivity contribution < 1.29 is 9.66 Å². The van der Waals surface area contributed by atoms with Crippen LogP contribution in [0.5, 0.6) is 5.75 Å². The van der Waals surface area contributed by atoms with Gasteiger partial charge in [-0.15, -0.1) is 0 Å². The fourth-order valence-corrected chi connectivity index (χ4v) is 1.76. The van der Waals surface area contributed by atoms with E-state index in [2.05, 4.69) is 5.32 Å². The van der Waals surface area contributed by atoms with Gasteiger partial charge in [-0.2, -0.15) is 0 Å². The monoisotopic (exact) mass is 222 g/mol. The summed E-state index contributed by atoms with van der Waals surface area (Å²) in [7, 11) is 0. The van der Waals surface area contributed by atoms with E-state index >= 15 is 0 Å². The van der Waals surface area contributed by atoms with Gasteiger partial charge in [-0.1, -0.05) is 0 Å². The summed E-state index contributed by atoms with van der Waals surface area (Å²) >= 11 is 0. The van der Waals surface area contributed by atoms with E-state index in [1.165, 1.54) is 18.6 Å². The molecule has 5 nitrogen and oxygen atoms in total. The molecular weight excluding hydrogens is 208 g/mol. The van der Waals surface area contributed by atoms with Gasteiger partial charge in [0.1, 0.15) is 12.4 Å². The van der Waals surface area contributed by atoms with Crippen molar-refractivity contribution in [3.05, 3.63) is 34.4 Å². The van der Waals surface area contributed by atoms with Crippen LogP contribution in [0.4, 0.5) is 5.69 Å². The van der Waals surface area contributed by atoms with Gasteiger partial charge in [-0.3, -0.25) is 10.1 Å². The van der Waals surface area contributed by atoms with Gasteiger partial charge < -0.3 is 10.1 Å². The van der Waals surface area contributed by atoms with E-state index in [4.69, 9.17) is 4.74 Å². The van der Waals surface area contributed by atoms with Crippen LogP contribution >= 0.6 is 0 Å². The molecule has 86 valence electrons. The molecule has 0 bridgehead atoms. The molecule has 1 fully saturated rings. The number of nitro benzene ring substituents is 1. The predicted molar refractivity (Wildman–Crippen MR) is 59.6 cm³/mol. The van der Waals surface area contributed by atoms with E-state index in [1.807, 2.05) is 0 Å². The minimum absolute atomic E-state index is 0.0892. The third-order valence-corrected chi connectivity index (χ3v) is 2.66. The van der Waals surface area contributed by atoms with Crippen LogP contribution in [0.15, 0.2) is 24.3 Å². The SMILES string of the molecule is O=[N+]([O-])c1ccc(OC[C@H]2CCCN2)cc1. The third-order valence-electron chi connectivity index (χ3n) is 2.66. The van der Waals surface area contributed by atoms with E-state index in [0.29, 0.717) is 18.4 Å². The highest BCUT2D eigenvalue weighted by Crippen LogP contribution is 2.18. The fourth-order valence-electron chi connectivity index (χ4n) is 1.76. The molecule has 1 heterocycles. The number of ether oxygens (including phenoxy) is 1. The molecular formula is C11H14N2O3. The lowest BCUT2D eigenvalue weighted by molar-refractivity contribution is -0.384. The standard InChI is InChI=1S/C11H14N2O3/c14-13(15)10-3-5-11(6-4-10)16-8-9-2-1-7-12-9/h3-6,9,12H,1-2,7-8H2/t9-/m1/s1. The number of hydrogen-bond donors (Lipinski definition) is 1. The molecule has 1 atom stereocenters. The second-order valence-electron chi connectivity index (χ2n) is 3.86. The minimum Gasteiger partial charge on any atom is -0.492 e. The maximum Gasteiger partial charge on any atom is 0.269 e. The zero-order valence-corrected chi connectivity index (χ0v) is 8.89. The number of non-ortho nitro benzene ring substituents is 1. The first-order chi connectivity index (χ1) is 7.75. The Morgan fingerprint density at radius 3 is 2.75 bits per heavy atom. The van der Waals surface area contributed by atoms with Crippen molar-refractivity contribution in [3.8, 4) is 5.75 Å². The second-order valence-corrected chi connectivity index (χ2v) is 3.86. The Hall–Kier alpha value is -1.62. The predicted octanol–water partition coefficient (Wildman–Crippen LogP) is 1.73. The third kappa shape index (κ3) is 2.70. The molecule has 2 rings (SSSR count). The van der Waals surface area contributed by atoms with Gasteiger partial charge in [-0.25, -0.2) is 0 Å². The highest BCUT2D eigenvalue weighted by molar-refractivity contribution is 5.35. The van der Waals surface area contributed by atoms with Crippen LogP contribution in [0.3, 0.4) is 0 Å².